The fourth-order valence-corrected chi connectivity index (χ4v) is 6.01. The van der Waals surface area contributed by atoms with Gasteiger partial charge >= 0.3 is 0 Å². The molecule has 0 saturated heterocycles. The minimum atomic E-state index is 0.709. The van der Waals surface area contributed by atoms with Gasteiger partial charge in [0.1, 0.15) is 5.52 Å². The van der Waals surface area contributed by atoms with E-state index in [1.807, 2.05) is 6.07 Å². The standard InChI is InChI=1S/C40H27N3/c1-4-14-28(15-5-1)29-24-26-31(27-25-29)40-41-37(34-21-11-10-20-33(34)30-16-6-2-7-17-30)39-38(42-40)35-22-12-13-23-36(35)43(39)32-18-8-3-9-19-32/h1-27H. The minimum absolute atomic E-state index is 0.709. The van der Waals surface area contributed by atoms with E-state index in [1.54, 1.807) is 0 Å². The van der Waals surface area contributed by atoms with Crippen LogP contribution in [0.2, 0.25) is 0 Å². The number of para-hydroxylation sites is 2. The van der Waals surface area contributed by atoms with Crippen LogP contribution in [0.3, 0.4) is 0 Å². The van der Waals surface area contributed by atoms with Crippen molar-refractivity contribution in [1.29, 1.82) is 0 Å². The van der Waals surface area contributed by atoms with Crippen LogP contribution >= 0.6 is 0 Å². The number of benzene rings is 6. The minimum Gasteiger partial charge on any atom is -0.306 e. The molecule has 0 N–H and O–H groups in total. The first kappa shape index (κ1) is 25.0. The van der Waals surface area contributed by atoms with Crippen LogP contribution in [-0.2, 0) is 0 Å². The van der Waals surface area contributed by atoms with Crippen LogP contribution in [0.1, 0.15) is 0 Å². The molecule has 0 aliphatic rings. The van der Waals surface area contributed by atoms with E-state index in [4.69, 9.17) is 9.97 Å². The van der Waals surface area contributed by atoms with Crippen LogP contribution in [0.15, 0.2) is 164 Å². The number of rotatable bonds is 5. The van der Waals surface area contributed by atoms with Gasteiger partial charge in [-0.25, -0.2) is 9.97 Å². The lowest BCUT2D eigenvalue weighted by Gasteiger charge is -2.15. The Morgan fingerprint density at radius 1 is 0.395 bits per heavy atom. The fourth-order valence-electron chi connectivity index (χ4n) is 6.01. The summed E-state index contributed by atoms with van der Waals surface area (Å²) in [6.45, 7) is 0. The molecule has 0 aliphatic carbocycles. The summed E-state index contributed by atoms with van der Waals surface area (Å²) in [5, 5.41) is 1.10. The molecule has 8 aromatic rings. The van der Waals surface area contributed by atoms with Crippen LogP contribution in [0.25, 0.3) is 72.5 Å². The van der Waals surface area contributed by atoms with Crippen LogP contribution in [0, 0.1) is 0 Å². The molecule has 0 radical (unpaired) electrons. The van der Waals surface area contributed by atoms with E-state index >= 15 is 0 Å². The maximum atomic E-state index is 5.38. The van der Waals surface area contributed by atoms with Crippen molar-refractivity contribution in [3.63, 3.8) is 0 Å². The third-order valence-electron chi connectivity index (χ3n) is 8.04. The zero-order valence-corrected chi connectivity index (χ0v) is 23.4. The maximum Gasteiger partial charge on any atom is 0.160 e. The SMILES string of the molecule is c1ccc(-c2ccc(-c3nc(-c4ccccc4-c4ccccc4)c4c(n3)c3ccccc3n4-c3ccccc3)cc2)cc1. The molecule has 6 aromatic carbocycles. The van der Waals surface area contributed by atoms with Crippen LogP contribution < -0.4 is 0 Å². The first-order chi connectivity index (χ1) is 21.3. The van der Waals surface area contributed by atoms with Crippen molar-refractivity contribution >= 4 is 21.9 Å². The Morgan fingerprint density at radius 2 is 0.930 bits per heavy atom. The maximum absolute atomic E-state index is 5.38. The lowest BCUT2D eigenvalue weighted by molar-refractivity contribution is 1.15. The predicted octanol–water partition coefficient (Wildman–Crippen LogP) is 10.2. The molecule has 3 nitrogen and oxygen atoms in total. The Kier molecular flexibility index (Phi) is 6.12. The lowest BCUT2D eigenvalue weighted by atomic mass is 9.96. The zero-order valence-electron chi connectivity index (χ0n) is 23.4. The van der Waals surface area contributed by atoms with Crippen molar-refractivity contribution in [3.8, 4) is 50.6 Å². The van der Waals surface area contributed by atoms with Gasteiger partial charge in [-0.05, 0) is 40.5 Å². The van der Waals surface area contributed by atoms with E-state index < -0.39 is 0 Å². The molecule has 43 heavy (non-hydrogen) atoms. The number of nitrogens with zero attached hydrogens (tertiary/aromatic N) is 3. The molecule has 202 valence electrons. The number of hydrogen-bond donors (Lipinski definition) is 0. The van der Waals surface area contributed by atoms with Gasteiger partial charge in [0.05, 0.1) is 16.7 Å². The van der Waals surface area contributed by atoms with Crippen molar-refractivity contribution in [2.75, 3.05) is 0 Å². The van der Waals surface area contributed by atoms with Gasteiger partial charge in [-0.1, -0.05) is 146 Å². The van der Waals surface area contributed by atoms with Gasteiger partial charge in [-0.2, -0.15) is 0 Å². The number of aromatic nitrogens is 3. The molecule has 0 amide bonds. The van der Waals surface area contributed by atoms with Gasteiger partial charge in [0, 0.05) is 22.2 Å². The summed E-state index contributed by atoms with van der Waals surface area (Å²) < 4.78 is 2.31. The van der Waals surface area contributed by atoms with Crippen molar-refractivity contribution in [3.05, 3.63) is 164 Å². The molecule has 2 aromatic heterocycles. The van der Waals surface area contributed by atoms with Crippen LogP contribution in [0.4, 0.5) is 0 Å². The molecule has 0 fully saturated rings. The van der Waals surface area contributed by atoms with Gasteiger partial charge in [0.25, 0.3) is 0 Å². The van der Waals surface area contributed by atoms with Crippen molar-refractivity contribution in [2.24, 2.45) is 0 Å². The lowest BCUT2D eigenvalue weighted by Crippen LogP contribution is -2.00. The molecule has 3 heteroatoms. The van der Waals surface area contributed by atoms with E-state index in [9.17, 15) is 0 Å². The second-order valence-electron chi connectivity index (χ2n) is 10.6. The Labute approximate surface area is 250 Å². The Bertz CT molecular complexity index is 2200. The van der Waals surface area contributed by atoms with Crippen LogP contribution in [0.5, 0.6) is 0 Å². The monoisotopic (exact) mass is 549 g/mol. The molecular weight excluding hydrogens is 522 g/mol. The van der Waals surface area contributed by atoms with E-state index in [0.717, 1.165) is 55.6 Å². The number of hydrogen-bond acceptors (Lipinski definition) is 2. The molecule has 0 unspecified atom stereocenters. The highest BCUT2D eigenvalue weighted by molar-refractivity contribution is 6.12. The molecule has 0 bridgehead atoms. The Balaban J connectivity index is 1.44. The third-order valence-corrected chi connectivity index (χ3v) is 8.04. The Hall–Kier alpha value is -5.80. The third kappa shape index (κ3) is 4.39. The summed E-state index contributed by atoms with van der Waals surface area (Å²) >= 11 is 0. The van der Waals surface area contributed by atoms with Gasteiger partial charge in [-0.15, -0.1) is 0 Å². The van der Waals surface area contributed by atoms with Crippen LogP contribution in [-0.4, -0.2) is 14.5 Å². The summed E-state index contributed by atoms with van der Waals surface area (Å²) in [7, 11) is 0. The van der Waals surface area contributed by atoms with E-state index in [1.165, 1.54) is 11.1 Å². The van der Waals surface area contributed by atoms with Gasteiger partial charge in [0.2, 0.25) is 0 Å². The normalized spacial score (nSPS) is 11.3. The average molecular weight is 550 g/mol. The first-order valence-electron chi connectivity index (χ1n) is 14.5. The highest BCUT2D eigenvalue weighted by Crippen LogP contribution is 2.40. The predicted molar refractivity (Wildman–Crippen MR) is 178 cm³/mol. The van der Waals surface area contributed by atoms with E-state index in [2.05, 4.69) is 162 Å². The van der Waals surface area contributed by atoms with E-state index in [-0.39, 0.29) is 0 Å². The van der Waals surface area contributed by atoms with Crippen molar-refractivity contribution in [2.45, 2.75) is 0 Å². The summed E-state index contributed by atoms with van der Waals surface area (Å²) in [6.07, 6.45) is 0. The molecule has 0 spiro atoms. The quantitative estimate of drug-likeness (QED) is 0.214. The summed E-state index contributed by atoms with van der Waals surface area (Å²) in [4.78, 5) is 10.7. The van der Waals surface area contributed by atoms with E-state index in [0.29, 0.717) is 5.82 Å². The van der Waals surface area contributed by atoms with Crippen molar-refractivity contribution in [1.82, 2.24) is 14.5 Å². The molecule has 8 rings (SSSR count). The smallest absolute Gasteiger partial charge is 0.160 e. The summed E-state index contributed by atoms with van der Waals surface area (Å²) in [5.41, 5.74) is 11.7. The van der Waals surface area contributed by atoms with Gasteiger partial charge in [-0.3, -0.25) is 0 Å². The highest BCUT2D eigenvalue weighted by atomic mass is 15.0. The van der Waals surface area contributed by atoms with Gasteiger partial charge < -0.3 is 4.57 Å². The summed E-state index contributed by atoms with van der Waals surface area (Å²) in [6, 6.07) is 57.2. The zero-order chi connectivity index (χ0) is 28.6. The molecule has 2 heterocycles. The molecule has 0 aliphatic heterocycles. The second kappa shape index (κ2) is 10.6. The molecule has 0 atom stereocenters. The topological polar surface area (TPSA) is 30.7 Å². The molecule has 0 saturated carbocycles. The highest BCUT2D eigenvalue weighted by Gasteiger charge is 2.22. The first-order valence-corrected chi connectivity index (χ1v) is 14.5. The average Bonchev–Trinajstić information content (AvgIpc) is 3.43. The fraction of sp³-hybridized carbons (Fsp3) is 0. The largest absolute Gasteiger partial charge is 0.306 e. The molecular formula is C40H27N3. The van der Waals surface area contributed by atoms with Gasteiger partial charge in [0.15, 0.2) is 5.82 Å². The second-order valence-corrected chi connectivity index (χ2v) is 10.6. The van der Waals surface area contributed by atoms with Crippen molar-refractivity contribution < 1.29 is 0 Å². The number of fused-ring (bicyclic) bond motifs is 3. The Morgan fingerprint density at radius 3 is 1.65 bits per heavy atom. The summed E-state index contributed by atoms with van der Waals surface area (Å²) in [5.74, 6) is 0.709.